The Morgan fingerprint density at radius 1 is 1.11 bits per heavy atom. The summed E-state index contributed by atoms with van der Waals surface area (Å²) in [6.07, 6.45) is 5.96. The van der Waals surface area contributed by atoms with E-state index >= 15 is 0 Å². The summed E-state index contributed by atoms with van der Waals surface area (Å²) in [5.41, 5.74) is 6.43. The van der Waals surface area contributed by atoms with Gasteiger partial charge in [-0.2, -0.15) is 0 Å². The standard InChI is InChI=1S/C16H16N2S/c1-10-6-11(2)8-12(7-10)13-9-18-14-4-3-5-15(14)19-16(18)17-13/h6-9H,3-5H2,1-2H3. The van der Waals surface area contributed by atoms with Gasteiger partial charge in [0, 0.05) is 22.3 Å². The van der Waals surface area contributed by atoms with Crippen LogP contribution in [0.5, 0.6) is 0 Å². The minimum atomic E-state index is 1.10. The van der Waals surface area contributed by atoms with Crippen molar-refractivity contribution in [2.75, 3.05) is 0 Å². The quantitative estimate of drug-likeness (QED) is 0.647. The number of hydrogen-bond acceptors (Lipinski definition) is 2. The smallest absolute Gasteiger partial charge is 0.194 e. The zero-order chi connectivity index (χ0) is 13.0. The lowest BCUT2D eigenvalue weighted by Gasteiger charge is -2.01. The van der Waals surface area contributed by atoms with Gasteiger partial charge in [-0.25, -0.2) is 4.98 Å². The molecule has 0 spiro atoms. The van der Waals surface area contributed by atoms with E-state index in [1.807, 2.05) is 11.3 Å². The molecule has 1 aromatic carbocycles. The summed E-state index contributed by atoms with van der Waals surface area (Å²) < 4.78 is 2.31. The molecule has 2 aromatic heterocycles. The van der Waals surface area contributed by atoms with E-state index in [0.717, 1.165) is 10.7 Å². The molecule has 4 rings (SSSR count). The summed E-state index contributed by atoms with van der Waals surface area (Å²) in [6, 6.07) is 6.65. The van der Waals surface area contributed by atoms with E-state index in [2.05, 4.69) is 42.6 Å². The molecule has 1 aliphatic carbocycles. The highest BCUT2D eigenvalue weighted by molar-refractivity contribution is 7.17. The fourth-order valence-corrected chi connectivity index (χ4v) is 4.26. The first-order valence-electron chi connectivity index (χ1n) is 6.79. The summed E-state index contributed by atoms with van der Waals surface area (Å²) in [4.78, 5) is 7.50. The number of hydrogen-bond donors (Lipinski definition) is 0. The Kier molecular flexibility index (Phi) is 2.33. The number of rotatable bonds is 1. The van der Waals surface area contributed by atoms with Crippen LogP contribution in [-0.2, 0) is 12.8 Å². The molecule has 0 bridgehead atoms. The Morgan fingerprint density at radius 2 is 1.89 bits per heavy atom. The van der Waals surface area contributed by atoms with Crippen molar-refractivity contribution in [3.8, 4) is 11.3 Å². The molecule has 0 radical (unpaired) electrons. The Hall–Kier alpha value is -1.61. The largest absolute Gasteiger partial charge is 0.294 e. The SMILES string of the molecule is Cc1cc(C)cc(-c2cn3c4c(sc3n2)CCC4)c1. The molecule has 19 heavy (non-hydrogen) atoms. The Labute approximate surface area is 116 Å². The zero-order valence-electron chi connectivity index (χ0n) is 11.2. The Balaban J connectivity index is 1.89. The highest BCUT2D eigenvalue weighted by atomic mass is 32.1. The van der Waals surface area contributed by atoms with Crippen molar-refractivity contribution < 1.29 is 0 Å². The van der Waals surface area contributed by atoms with Crippen molar-refractivity contribution in [3.63, 3.8) is 0 Å². The summed E-state index contributed by atoms with van der Waals surface area (Å²) in [5.74, 6) is 0. The number of fused-ring (bicyclic) bond motifs is 3. The van der Waals surface area contributed by atoms with E-state index in [1.54, 1.807) is 0 Å². The lowest BCUT2D eigenvalue weighted by molar-refractivity contribution is 0.888. The average molecular weight is 268 g/mol. The van der Waals surface area contributed by atoms with Crippen LogP contribution in [0.4, 0.5) is 0 Å². The summed E-state index contributed by atoms with van der Waals surface area (Å²) in [5, 5.41) is 0. The van der Waals surface area contributed by atoms with Gasteiger partial charge >= 0.3 is 0 Å². The molecular formula is C16H16N2S. The normalized spacial score (nSPS) is 14.2. The summed E-state index contributed by atoms with van der Waals surface area (Å²) in [6.45, 7) is 4.29. The predicted molar refractivity (Wildman–Crippen MR) is 80.0 cm³/mol. The first-order chi connectivity index (χ1) is 9.20. The van der Waals surface area contributed by atoms with Crippen LogP contribution in [0, 0.1) is 13.8 Å². The maximum atomic E-state index is 4.81. The topological polar surface area (TPSA) is 17.3 Å². The van der Waals surface area contributed by atoms with Crippen LogP contribution in [0.3, 0.4) is 0 Å². The zero-order valence-corrected chi connectivity index (χ0v) is 12.0. The second-order valence-corrected chi connectivity index (χ2v) is 6.54. The molecule has 0 atom stereocenters. The van der Waals surface area contributed by atoms with Crippen LogP contribution < -0.4 is 0 Å². The highest BCUT2D eigenvalue weighted by Crippen LogP contribution is 2.33. The van der Waals surface area contributed by atoms with Gasteiger partial charge in [-0.15, -0.1) is 11.3 Å². The first-order valence-corrected chi connectivity index (χ1v) is 7.61. The van der Waals surface area contributed by atoms with Crippen LogP contribution in [0.2, 0.25) is 0 Å². The Bertz CT molecular complexity index is 759. The molecule has 2 nitrogen and oxygen atoms in total. The van der Waals surface area contributed by atoms with Gasteiger partial charge in [-0.05, 0) is 45.2 Å². The number of nitrogens with zero attached hydrogens (tertiary/aromatic N) is 2. The number of imidazole rings is 1. The number of aryl methyl sites for hydroxylation is 4. The molecular weight excluding hydrogens is 252 g/mol. The maximum absolute atomic E-state index is 4.81. The van der Waals surface area contributed by atoms with Crippen LogP contribution >= 0.6 is 11.3 Å². The van der Waals surface area contributed by atoms with Gasteiger partial charge in [0.1, 0.15) is 0 Å². The van der Waals surface area contributed by atoms with Crippen molar-refractivity contribution >= 4 is 16.3 Å². The predicted octanol–water partition coefficient (Wildman–Crippen LogP) is 4.17. The van der Waals surface area contributed by atoms with Crippen molar-refractivity contribution in [2.45, 2.75) is 33.1 Å². The lowest BCUT2D eigenvalue weighted by atomic mass is 10.1. The summed E-state index contributed by atoms with van der Waals surface area (Å²) >= 11 is 1.86. The molecule has 3 aromatic rings. The third-order valence-electron chi connectivity index (χ3n) is 3.84. The molecule has 0 fully saturated rings. The maximum Gasteiger partial charge on any atom is 0.194 e. The second kappa shape index (κ2) is 3.94. The number of benzene rings is 1. The first kappa shape index (κ1) is 11.2. The van der Waals surface area contributed by atoms with Crippen molar-refractivity contribution in [1.82, 2.24) is 9.38 Å². The van der Waals surface area contributed by atoms with Gasteiger partial charge in [-0.3, -0.25) is 4.40 Å². The monoisotopic (exact) mass is 268 g/mol. The van der Waals surface area contributed by atoms with Crippen molar-refractivity contribution in [1.29, 1.82) is 0 Å². The molecule has 0 saturated carbocycles. The number of aromatic nitrogens is 2. The van der Waals surface area contributed by atoms with Crippen LogP contribution in [0.1, 0.15) is 28.1 Å². The lowest BCUT2D eigenvalue weighted by Crippen LogP contribution is -1.85. The van der Waals surface area contributed by atoms with Gasteiger partial charge in [0.25, 0.3) is 0 Å². The number of thiazole rings is 1. The molecule has 0 N–H and O–H groups in total. The molecule has 0 unspecified atom stereocenters. The molecule has 2 heterocycles. The molecule has 96 valence electrons. The van der Waals surface area contributed by atoms with Crippen molar-refractivity contribution in [2.24, 2.45) is 0 Å². The van der Waals surface area contributed by atoms with Crippen LogP contribution in [-0.4, -0.2) is 9.38 Å². The third kappa shape index (κ3) is 1.72. The van der Waals surface area contributed by atoms with Crippen LogP contribution in [0.15, 0.2) is 24.4 Å². The van der Waals surface area contributed by atoms with Crippen molar-refractivity contribution in [3.05, 3.63) is 46.1 Å². The average Bonchev–Trinajstić information content (AvgIpc) is 2.97. The van der Waals surface area contributed by atoms with Gasteiger partial charge in [-0.1, -0.05) is 17.2 Å². The van der Waals surface area contributed by atoms with E-state index in [1.165, 1.54) is 46.5 Å². The molecule has 0 aliphatic heterocycles. The van der Waals surface area contributed by atoms with E-state index in [0.29, 0.717) is 0 Å². The molecule has 0 amide bonds. The van der Waals surface area contributed by atoms with E-state index in [4.69, 9.17) is 4.98 Å². The van der Waals surface area contributed by atoms with Gasteiger partial charge in [0.05, 0.1) is 5.69 Å². The van der Waals surface area contributed by atoms with Gasteiger partial charge in [0.2, 0.25) is 0 Å². The van der Waals surface area contributed by atoms with E-state index in [-0.39, 0.29) is 0 Å². The summed E-state index contributed by atoms with van der Waals surface area (Å²) in [7, 11) is 0. The Morgan fingerprint density at radius 3 is 2.68 bits per heavy atom. The minimum Gasteiger partial charge on any atom is -0.294 e. The minimum absolute atomic E-state index is 1.10. The fourth-order valence-electron chi connectivity index (χ4n) is 3.07. The van der Waals surface area contributed by atoms with E-state index < -0.39 is 0 Å². The van der Waals surface area contributed by atoms with Gasteiger partial charge < -0.3 is 0 Å². The molecule has 0 saturated heterocycles. The fraction of sp³-hybridized carbons (Fsp3) is 0.312. The van der Waals surface area contributed by atoms with Crippen LogP contribution in [0.25, 0.3) is 16.2 Å². The highest BCUT2D eigenvalue weighted by Gasteiger charge is 2.19. The van der Waals surface area contributed by atoms with Gasteiger partial charge in [0.15, 0.2) is 4.96 Å². The second-order valence-electron chi connectivity index (χ2n) is 5.48. The van der Waals surface area contributed by atoms with E-state index in [9.17, 15) is 0 Å². The third-order valence-corrected chi connectivity index (χ3v) is 4.99. The molecule has 3 heteroatoms. The molecule has 1 aliphatic rings.